The van der Waals surface area contributed by atoms with Gasteiger partial charge in [-0.1, -0.05) is 108 Å². The van der Waals surface area contributed by atoms with Crippen molar-refractivity contribution < 1.29 is 9.13 Å². The highest BCUT2D eigenvalue weighted by Crippen LogP contribution is 2.31. The molecule has 6 aromatic carbocycles. The highest BCUT2D eigenvalue weighted by Gasteiger charge is 2.18. The third kappa shape index (κ3) is 6.63. The fraction of sp³-hybridized carbons (Fsp3) is 0.125. The minimum absolute atomic E-state index is 0.805. The van der Waals surface area contributed by atoms with Crippen LogP contribution >= 0.6 is 0 Å². The molecule has 8 aromatic rings. The molecule has 52 heavy (non-hydrogen) atoms. The lowest BCUT2D eigenvalue weighted by molar-refractivity contribution is -0.662. The molecule has 0 unspecified atom stereocenters. The Morgan fingerprint density at radius 2 is 0.769 bits per heavy atom. The van der Waals surface area contributed by atoms with Gasteiger partial charge in [-0.3, -0.25) is 0 Å². The van der Waals surface area contributed by atoms with Crippen LogP contribution in [0, 0.1) is 13.8 Å². The summed E-state index contributed by atoms with van der Waals surface area (Å²) in [6.45, 7) is 5.86. The van der Waals surface area contributed by atoms with Gasteiger partial charge in [0.2, 0.25) is 11.0 Å². The molecule has 4 heteroatoms. The average molecular weight is 677 g/mol. The van der Waals surface area contributed by atoms with Crippen molar-refractivity contribution in [2.24, 2.45) is 0 Å². The van der Waals surface area contributed by atoms with E-state index in [1.54, 1.807) is 0 Å². The van der Waals surface area contributed by atoms with Gasteiger partial charge in [0.05, 0.1) is 22.1 Å². The summed E-state index contributed by atoms with van der Waals surface area (Å²) in [5.74, 6) is 0. The molecule has 0 amide bonds. The lowest BCUT2D eigenvalue weighted by Crippen LogP contribution is -2.35. The van der Waals surface area contributed by atoms with Crippen LogP contribution in [0.1, 0.15) is 22.3 Å². The molecule has 0 bridgehead atoms. The van der Waals surface area contributed by atoms with Crippen molar-refractivity contribution in [1.82, 2.24) is 0 Å². The van der Waals surface area contributed by atoms with Gasteiger partial charge >= 0.3 is 0 Å². The predicted octanol–water partition coefficient (Wildman–Crippen LogP) is 10.5. The van der Waals surface area contributed by atoms with E-state index in [9.17, 15) is 0 Å². The number of rotatable bonds is 9. The lowest BCUT2D eigenvalue weighted by atomic mass is 10.0. The Bertz CT molecular complexity index is 2310. The minimum atomic E-state index is 0.805. The van der Waals surface area contributed by atoms with Gasteiger partial charge in [-0.05, 0) is 61.4 Å². The van der Waals surface area contributed by atoms with Crippen molar-refractivity contribution >= 4 is 44.6 Å². The molecule has 0 atom stereocenters. The molecule has 0 fully saturated rings. The van der Waals surface area contributed by atoms with E-state index in [2.05, 4.69) is 217 Å². The Kier molecular flexibility index (Phi) is 8.97. The number of anilines is 4. The second-order valence-corrected chi connectivity index (χ2v) is 13.9. The normalized spacial score (nSPS) is 11.2. The van der Waals surface area contributed by atoms with Crippen LogP contribution in [0.3, 0.4) is 0 Å². The maximum Gasteiger partial charge on any atom is 0.214 e. The van der Waals surface area contributed by atoms with Gasteiger partial charge in [-0.15, -0.1) is 0 Å². The minimum Gasteiger partial charge on any atom is -0.344 e. The molecule has 4 nitrogen and oxygen atoms in total. The first-order valence-electron chi connectivity index (χ1n) is 18.0. The molecule has 0 spiro atoms. The Hall–Kier alpha value is -6.26. The van der Waals surface area contributed by atoms with Crippen LogP contribution in [0.5, 0.6) is 0 Å². The Morgan fingerprint density at radius 1 is 0.404 bits per heavy atom. The first kappa shape index (κ1) is 32.9. The zero-order valence-corrected chi connectivity index (χ0v) is 30.4. The Labute approximate surface area is 307 Å². The molecule has 2 heterocycles. The SMILES string of the molecule is Cc1ccc(N(C)c2cc[n+](Cc3ccc(-c4ccc(C[n+]5ccc(N(C)c6ccc(C)cc6)c6ccccc65)cc4)cc3)c3ccccc23)cc1. The van der Waals surface area contributed by atoms with Crippen LogP contribution in [0.15, 0.2) is 170 Å². The molecular formula is C48H44N4+2. The van der Waals surface area contributed by atoms with Gasteiger partial charge < -0.3 is 9.80 Å². The van der Waals surface area contributed by atoms with Crippen LogP contribution < -0.4 is 18.9 Å². The van der Waals surface area contributed by atoms with Crippen LogP contribution in [0.2, 0.25) is 0 Å². The largest absolute Gasteiger partial charge is 0.344 e. The fourth-order valence-corrected chi connectivity index (χ4v) is 7.22. The van der Waals surface area contributed by atoms with E-state index in [0.29, 0.717) is 0 Å². The maximum absolute atomic E-state index is 2.35. The molecule has 254 valence electrons. The first-order valence-corrected chi connectivity index (χ1v) is 18.0. The highest BCUT2D eigenvalue weighted by atomic mass is 15.1. The highest BCUT2D eigenvalue weighted by molar-refractivity contribution is 5.92. The Balaban J connectivity index is 0.984. The number of para-hydroxylation sites is 2. The van der Waals surface area contributed by atoms with Crippen molar-refractivity contribution in [2.75, 3.05) is 23.9 Å². The average Bonchev–Trinajstić information content (AvgIpc) is 3.19. The van der Waals surface area contributed by atoms with E-state index >= 15 is 0 Å². The van der Waals surface area contributed by atoms with Crippen LogP contribution in [0.4, 0.5) is 22.7 Å². The molecule has 0 aliphatic rings. The standard InChI is InChI=1S/C48H44N4/c1-35-13-25-41(26-14-35)49(3)45-29-31-51(47-11-7-5-9-43(45)47)33-37-17-21-39(22-18-37)40-23-19-38(20-24-40)34-52-32-30-46(44-10-6-8-12-48(44)52)50(4)42-27-15-36(2)16-28-42/h5-32H,33-34H2,1-4H3/q+2. The van der Waals surface area contributed by atoms with E-state index in [1.807, 2.05) is 0 Å². The molecule has 0 saturated carbocycles. The quantitative estimate of drug-likeness (QED) is 0.141. The second kappa shape index (κ2) is 14.2. The van der Waals surface area contributed by atoms with Gasteiger partial charge in [0.15, 0.2) is 25.5 Å². The molecule has 0 radical (unpaired) electrons. The summed E-state index contributed by atoms with van der Waals surface area (Å²) in [4.78, 5) is 4.55. The predicted molar refractivity (Wildman–Crippen MR) is 217 cm³/mol. The third-order valence-corrected chi connectivity index (χ3v) is 10.3. The monoisotopic (exact) mass is 676 g/mol. The Morgan fingerprint density at radius 3 is 1.15 bits per heavy atom. The van der Waals surface area contributed by atoms with Gasteiger partial charge in [-0.25, -0.2) is 0 Å². The van der Waals surface area contributed by atoms with E-state index in [-0.39, 0.29) is 0 Å². The van der Waals surface area contributed by atoms with Gasteiger partial charge in [0, 0.05) is 60.9 Å². The van der Waals surface area contributed by atoms with Crippen LogP contribution in [-0.2, 0) is 13.1 Å². The third-order valence-electron chi connectivity index (χ3n) is 10.3. The fourth-order valence-electron chi connectivity index (χ4n) is 7.22. The number of aromatic nitrogens is 2. The zero-order valence-electron chi connectivity index (χ0n) is 30.4. The molecule has 0 aliphatic carbocycles. The molecule has 0 N–H and O–H groups in total. The summed E-state index contributed by atoms with van der Waals surface area (Å²) in [6.07, 6.45) is 4.43. The van der Waals surface area contributed by atoms with Crippen molar-refractivity contribution in [1.29, 1.82) is 0 Å². The summed E-state index contributed by atoms with van der Waals surface area (Å²) in [6, 6.07) is 57.3. The van der Waals surface area contributed by atoms with Gasteiger partial charge in [0.25, 0.3) is 0 Å². The number of pyridine rings is 2. The number of aryl methyl sites for hydroxylation is 2. The number of nitrogens with zero attached hydrogens (tertiary/aromatic N) is 4. The summed E-state index contributed by atoms with van der Waals surface area (Å²) in [7, 11) is 4.29. The number of hydrogen-bond donors (Lipinski definition) is 0. The molecule has 0 aliphatic heterocycles. The zero-order chi connectivity index (χ0) is 35.6. The lowest BCUT2D eigenvalue weighted by Gasteiger charge is -2.21. The van der Waals surface area contributed by atoms with Crippen molar-refractivity contribution in [3.8, 4) is 11.1 Å². The molecular weight excluding hydrogens is 633 g/mol. The maximum atomic E-state index is 2.35. The molecule has 2 aromatic heterocycles. The van der Waals surface area contributed by atoms with Gasteiger partial charge in [0.1, 0.15) is 0 Å². The van der Waals surface area contributed by atoms with E-state index < -0.39 is 0 Å². The molecule has 8 rings (SSSR count). The summed E-state index contributed by atoms with van der Waals surface area (Å²) < 4.78 is 4.69. The number of fused-ring (bicyclic) bond motifs is 2. The van der Waals surface area contributed by atoms with Crippen molar-refractivity contribution in [3.63, 3.8) is 0 Å². The van der Waals surface area contributed by atoms with E-state index in [1.165, 1.54) is 77.9 Å². The van der Waals surface area contributed by atoms with Crippen LogP contribution in [0.25, 0.3) is 32.9 Å². The summed E-state index contributed by atoms with van der Waals surface area (Å²) in [5.41, 5.74) is 14.7. The first-order chi connectivity index (χ1) is 25.4. The number of benzene rings is 6. The molecule has 0 saturated heterocycles. The summed E-state index contributed by atoms with van der Waals surface area (Å²) >= 11 is 0. The van der Waals surface area contributed by atoms with Gasteiger partial charge in [-0.2, -0.15) is 9.13 Å². The smallest absolute Gasteiger partial charge is 0.214 e. The topological polar surface area (TPSA) is 14.2 Å². The van der Waals surface area contributed by atoms with E-state index in [0.717, 1.165) is 13.1 Å². The number of hydrogen-bond acceptors (Lipinski definition) is 2. The van der Waals surface area contributed by atoms with Crippen LogP contribution in [-0.4, -0.2) is 14.1 Å². The van der Waals surface area contributed by atoms with Crippen molar-refractivity contribution in [2.45, 2.75) is 26.9 Å². The summed E-state index contributed by atoms with van der Waals surface area (Å²) in [5, 5.41) is 2.47. The van der Waals surface area contributed by atoms with E-state index in [4.69, 9.17) is 0 Å². The van der Waals surface area contributed by atoms with Crippen molar-refractivity contribution in [3.05, 3.63) is 192 Å². The second-order valence-electron chi connectivity index (χ2n) is 13.9.